The number of carbonyl (C=O) groups excluding carboxylic acids is 1. The van der Waals surface area contributed by atoms with E-state index in [1.807, 2.05) is 49.4 Å². The molecule has 1 amide bonds. The van der Waals surface area contributed by atoms with Crippen LogP contribution in [0.15, 0.2) is 42.5 Å². The van der Waals surface area contributed by atoms with Crippen molar-refractivity contribution < 1.29 is 9.53 Å². The summed E-state index contributed by atoms with van der Waals surface area (Å²) in [5.74, 6) is 0.791. The summed E-state index contributed by atoms with van der Waals surface area (Å²) in [7, 11) is 3.30. The van der Waals surface area contributed by atoms with Crippen LogP contribution in [0, 0.1) is 6.92 Å². The summed E-state index contributed by atoms with van der Waals surface area (Å²) in [5, 5.41) is 6.00. The molecule has 4 nitrogen and oxygen atoms in total. The molecule has 0 aliphatic heterocycles. The Morgan fingerprint density at radius 2 is 1.95 bits per heavy atom. The summed E-state index contributed by atoms with van der Waals surface area (Å²) in [5.41, 5.74) is 3.80. The van der Waals surface area contributed by atoms with Gasteiger partial charge in [0.05, 0.1) is 7.11 Å². The molecule has 0 bridgehead atoms. The van der Waals surface area contributed by atoms with Crippen molar-refractivity contribution in [1.29, 1.82) is 0 Å². The fourth-order valence-corrected chi connectivity index (χ4v) is 2.19. The van der Waals surface area contributed by atoms with Crippen molar-refractivity contribution in [2.45, 2.75) is 13.5 Å². The molecule has 2 aromatic rings. The fraction of sp³-hybridized carbons (Fsp3) is 0.235. The van der Waals surface area contributed by atoms with E-state index in [1.54, 1.807) is 14.2 Å². The number of hydrogen-bond donors (Lipinski definition) is 2. The van der Waals surface area contributed by atoms with Gasteiger partial charge in [0.15, 0.2) is 0 Å². The maximum absolute atomic E-state index is 11.6. The quantitative estimate of drug-likeness (QED) is 0.887. The molecule has 4 heteroatoms. The summed E-state index contributed by atoms with van der Waals surface area (Å²) >= 11 is 0. The number of amides is 1. The maximum atomic E-state index is 11.6. The van der Waals surface area contributed by atoms with Crippen molar-refractivity contribution in [3.63, 3.8) is 0 Å². The van der Waals surface area contributed by atoms with Gasteiger partial charge in [-0.2, -0.15) is 0 Å². The lowest BCUT2D eigenvalue weighted by Crippen LogP contribution is -2.17. The number of ether oxygens (including phenoxy) is 1. The minimum absolute atomic E-state index is 0.0746. The second-order valence-electron chi connectivity index (χ2n) is 4.77. The van der Waals surface area contributed by atoms with Gasteiger partial charge in [-0.3, -0.25) is 4.79 Å². The van der Waals surface area contributed by atoms with E-state index in [4.69, 9.17) is 4.74 Å². The number of para-hydroxylation sites is 1. The lowest BCUT2D eigenvalue weighted by Gasteiger charge is -2.13. The lowest BCUT2D eigenvalue weighted by atomic mass is 10.1. The topological polar surface area (TPSA) is 50.4 Å². The molecule has 0 aliphatic rings. The number of aryl methyl sites for hydroxylation is 1. The Kier molecular flexibility index (Phi) is 4.82. The molecule has 2 aromatic carbocycles. The van der Waals surface area contributed by atoms with E-state index in [0.717, 1.165) is 22.6 Å². The lowest BCUT2D eigenvalue weighted by molar-refractivity contribution is 0.0963. The predicted molar refractivity (Wildman–Crippen MR) is 84.9 cm³/mol. The van der Waals surface area contributed by atoms with Crippen LogP contribution in [0.1, 0.15) is 21.5 Å². The van der Waals surface area contributed by atoms with Crippen molar-refractivity contribution in [2.24, 2.45) is 0 Å². The van der Waals surface area contributed by atoms with E-state index in [-0.39, 0.29) is 5.91 Å². The third-order valence-corrected chi connectivity index (χ3v) is 3.38. The molecule has 2 N–H and O–H groups in total. The average Bonchev–Trinajstić information content (AvgIpc) is 2.53. The Hall–Kier alpha value is -2.49. The Morgan fingerprint density at radius 3 is 2.62 bits per heavy atom. The van der Waals surface area contributed by atoms with Gasteiger partial charge < -0.3 is 15.4 Å². The molecule has 0 heterocycles. The average molecular weight is 284 g/mol. The van der Waals surface area contributed by atoms with E-state index in [9.17, 15) is 4.79 Å². The molecule has 0 spiro atoms. The zero-order chi connectivity index (χ0) is 15.2. The predicted octanol–water partition coefficient (Wildman–Crippen LogP) is 2.98. The van der Waals surface area contributed by atoms with Gasteiger partial charge >= 0.3 is 0 Å². The van der Waals surface area contributed by atoms with Crippen LogP contribution in [0.2, 0.25) is 0 Å². The molecule has 0 unspecified atom stereocenters. The van der Waals surface area contributed by atoms with Crippen LogP contribution < -0.4 is 15.4 Å². The van der Waals surface area contributed by atoms with Gasteiger partial charge in [0.1, 0.15) is 5.75 Å². The van der Waals surface area contributed by atoms with Crippen LogP contribution >= 0.6 is 0 Å². The van der Waals surface area contributed by atoms with E-state index in [2.05, 4.69) is 10.6 Å². The highest BCUT2D eigenvalue weighted by Crippen LogP contribution is 2.21. The molecule has 0 atom stereocenters. The molecule has 0 radical (unpaired) electrons. The smallest absolute Gasteiger partial charge is 0.251 e. The molecule has 2 rings (SSSR count). The zero-order valence-electron chi connectivity index (χ0n) is 12.6. The Morgan fingerprint density at radius 1 is 1.19 bits per heavy atom. The van der Waals surface area contributed by atoms with Gasteiger partial charge in [-0.1, -0.05) is 18.2 Å². The van der Waals surface area contributed by atoms with Gasteiger partial charge in [0.2, 0.25) is 0 Å². The number of methoxy groups -OCH3 is 1. The highest BCUT2D eigenvalue weighted by Gasteiger charge is 2.07. The molecule has 21 heavy (non-hydrogen) atoms. The van der Waals surface area contributed by atoms with Crippen LogP contribution in [-0.4, -0.2) is 20.1 Å². The largest absolute Gasteiger partial charge is 0.496 e. The molecular weight excluding hydrogens is 264 g/mol. The number of carbonyl (C=O) groups is 1. The highest BCUT2D eigenvalue weighted by molar-refractivity contribution is 5.94. The fourth-order valence-electron chi connectivity index (χ4n) is 2.19. The van der Waals surface area contributed by atoms with E-state index < -0.39 is 0 Å². The monoisotopic (exact) mass is 284 g/mol. The number of anilines is 1. The number of hydrogen-bond acceptors (Lipinski definition) is 3. The third-order valence-electron chi connectivity index (χ3n) is 3.38. The van der Waals surface area contributed by atoms with Crippen molar-refractivity contribution in [3.8, 4) is 5.75 Å². The van der Waals surface area contributed by atoms with Gasteiger partial charge in [-0.05, 0) is 36.8 Å². The molecule has 110 valence electrons. The Balaban J connectivity index is 2.12. The third kappa shape index (κ3) is 3.54. The number of benzene rings is 2. The van der Waals surface area contributed by atoms with Crippen molar-refractivity contribution in [2.75, 3.05) is 19.5 Å². The zero-order valence-corrected chi connectivity index (χ0v) is 12.6. The van der Waals surface area contributed by atoms with Crippen LogP contribution in [-0.2, 0) is 6.54 Å². The van der Waals surface area contributed by atoms with Crippen LogP contribution in [0.25, 0.3) is 0 Å². The van der Waals surface area contributed by atoms with Crippen LogP contribution in [0.3, 0.4) is 0 Å². The SMILES string of the molecule is CNC(=O)c1ccc(NCc2ccccc2OC)c(C)c1. The Labute approximate surface area is 125 Å². The molecule has 0 aliphatic carbocycles. The first-order chi connectivity index (χ1) is 10.2. The van der Waals surface area contributed by atoms with Gasteiger partial charge in [0, 0.05) is 30.4 Å². The van der Waals surface area contributed by atoms with Gasteiger partial charge in [0.25, 0.3) is 5.91 Å². The first-order valence-electron chi connectivity index (χ1n) is 6.84. The van der Waals surface area contributed by atoms with Crippen molar-refractivity contribution >= 4 is 11.6 Å². The molecular formula is C17H20N2O2. The minimum atomic E-state index is -0.0746. The van der Waals surface area contributed by atoms with E-state index >= 15 is 0 Å². The van der Waals surface area contributed by atoms with Crippen LogP contribution in [0.4, 0.5) is 5.69 Å². The second-order valence-corrected chi connectivity index (χ2v) is 4.77. The van der Waals surface area contributed by atoms with Crippen molar-refractivity contribution in [1.82, 2.24) is 5.32 Å². The maximum Gasteiger partial charge on any atom is 0.251 e. The summed E-state index contributed by atoms with van der Waals surface area (Å²) in [6.07, 6.45) is 0. The summed E-state index contributed by atoms with van der Waals surface area (Å²) in [4.78, 5) is 11.6. The first-order valence-corrected chi connectivity index (χ1v) is 6.84. The van der Waals surface area contributed by atoms with Crippen molar-refractivity contribution in [3.05, 3.63) is 59.2 Å². The van der Waals surface area contributed by atoms with Crippen LogP contribution in [0.5, 0.6) is 5.75 Å². The summed E-state index contributed by atoms with van der Waals surface area (Å²) in [6.45, 7) is 2.65. The Bertz CT molecular complexity index is 638. The highest BCUT2D eigenvalue weighted by atomic mass is 16.5. The summed E-state index contributed by atoms with van der Waals surface area (Å²) in [6, 6.07) is 13.5. The molecule has 0 saturated heterocycles. The standard InChI is InChI=1S/C17H20N2O2/c1-12-10-13(17(20)18-2)8-9-15(12)19-11-14-6-4-5-7-16(14)21-3/h4-10,19H,11H2,1-3H3,(H,18,20). The molecule has 0 saturated carbocycles. The van der Waals surface area contributed by atoms with E-state index in [0.29, 0.717) is 12.1 Å². The normalized spacial score (nSPS) is 10.0. The molecule has 0 fully saturated rings. The van der Waals surface area contributed by atoms with Gasteiger partial charge in [-0.25, -0.2) is 0 Å². The summed E-state index contributed by atoms with van der Waals surface area (Å²) < 4.78 is 5.34. The number of rotatable bonds is 5. The van der Waals surface area contributed by atoms with Gasteiger partial charge in [-0.15, -0.1) is 0 Å². The van der Waals surface area contributed by atoms with E-state index in [1.165, 1.54) is 0 Å². The minimum Gasteiger partial charge on any atom is -0.496 e. The first kappa shape index (κ1) is 14.9. The second kappa shape index (κ2) is 6.79. The molecule has 0 aromatic heterocycles. The number of nitrogens with one attached hydrogen (secondary N) is 2.